The van der Waals surface area contributed by atoms with Gasteiger partial charge in [-0.05, 0) is 13.3 Å². The highest BCUT2D eigenvalue weighted by Crippen LogP contribution is 2.08. The summed E-state index contributed by atoms with van der Waals surface area (Å²) >= 11 is 0. The Morgan fingerprint density at radius 2 is 2.00 bits per heavy atom. The zero-order valence-corrected chi connectivity index (χ0v) is 12.8. The largest absolute Gasteiger partial charge is 0.355 e. The summed E-state index contributed by atoms with van der Waals surface area (Å²) in [6.07, 6.45) is 1.50. The molecule has 0 rings (SSSR count). The summed E-state index contributed by atoms with van der Waals surface area (Å²) in [5.74, 6) is 3.25. The highest BCUT2D eigenvalue weighted by atomic mass is 28.3. The summed E-state index contributed by atoms with van der Waals surface area (Å²) in [7, 11) is -1.26. The summed E-state index contributed by atoms with van der Waals surface area (Å²) < 4.78 is 0. The highest BCUT2D eigenvalue weighted by Gasteiger charge is 2.11. The summed E-state index contributed by atoms with van der Waals surface area (Å²) in [4.78, 5) is 11.6. The van der Waals surface area contributed by atoms with E-state index in [9.17, 15) is 4.79 Å². The number of hydrogen-bond donors (Lipinski definition) is 1. The smallest absolute Gasteiger partial charge is 0.223 e. The molecule has 0 fully saturated rings. The van der Waals surface area contributed by atoms with Crippen molar-refractivity contribution in [3.8, 4) is 11.5 Å². The molecule has 0 aliphatic rings. The number of rotatable bonds is 5. The first kappa shape index (κ1) is 16.0. The number of carbonyl (C=O) groups is 1. The van der Waals surface area contributed by atoms with E-state index in [1.807, 2.05) is 13.8 Å². The van der Waals surface area contributed by atoms with Crippen LogP contribution in [0.4, 0.5) is 0 Å². The fourth-order valence-electron chi connectivity index (χ4n) is 1.37. The molecule has 0 aromatic rings. The molecule has 17 heavy (non-hydrogen) atoms. The van der Waals surface area contributed by atoms with Gasteiger partial charge in [-0.2, -0.15) is 0 Å². The lowest BCUT2D eigenvalue weighted by molar-refractivity contribution is -0.124. The van der Waals surface area contributed by atoms with Crippen LogP contribution in [-0.2, 0) is 4.79 Å². The van der Waals surface area contributed by atoms with Crippen LogP contribution in [0.3, 0.4) is 0 Å². The van der Waals surface area contributed by atoms with Gasteiger partial charge in [-0.3, -0.25) is 4.79 Å². The van der Waals surface area contributed by atoms with E-state index in [-0.39, 0.29) is 11.8 Å². The average Bonchev–Trinajstić information content (AvgIpc) is 2.13. The van der Waals surface area contributed by atoms with Crippen molar-refractivity contribution in [2.75, 3.05) is 6.54 Å². The SMILES string of the molecule is C=C(C)CC(C)C(=O)NCCC#C[Si](C)(C)C. The predicted octanol–water partition coefficient (Wildman–Crippen LogP) is 2.98. The maximum absolute atomic E-state index is 11.6. The molecule has 0 aromatic heterocycles. The Hall–Kier alpha value is -1.01. The summed E-state index contributed by atoms with van der Waals surface area (Å²) in [5.41, 5.74) is 4.33. The van der Waals surface area contributed by atoms with Gasteiger partial charge < -0.3 is 5.32 Å². The van der Waals surface area contributed by atoms with Crippen molar-refractivity contribution >= 4 is 14.0 Å². The quantitative estimate of drug-likeness (QED) is 0.346. The molecule has 2 nitrogen and oxygen atoms in total. The van der Waals surface area contributed by atoms with E-state index in [2.05, 4.69) is 43.0 Å². The number of allylic oxidation sites excluding steroid dienone is 1. The fourth-order valence-corrected chi connectivity index (χ4v) is 2.02. The molecule has 1 unspecified atom stereocenters. The molecule has 0 aromatic carbocycles. The van der Waals surface area contributed by atoms with Crippen LogP contribution in [0.15, 0.2) is 12.2 Å². The normalized spacial score (nSPS) is 12.3. The number of carbonyl (C=O) groups excluding carboxylic acids is 1. The van der Waals surface area contributed by atoms with Crippen LogP contribution in [0, 0.1) is 17.4 Å². The molecule has 0 spiro atoms. The number of hydrogen-bond acceptors (Lipinski definition) is 1. The molecule has 1 atom stereocenters. The van der Waals surface area contributed by atoms with Crippen LogP contribution >= 0.6 is 0 Å². The van der Waals surface area contributed by atoms with Crippen molar-refractivity contribution < 1.29 is 4.79 Å². The lowest BCUT2D eigenvalue weighted by atomic mass is 10.0. The van der Waals surface area contributed by atoms with Gasteiger partial charge in [-0.1, -0.05) is 32.1 Å². The standard InChI is InChI=1S/C14H25NOSi/c1-12(2)11-13(3)14(16)15-9-7-8-10-17(4,5)6/h13H,1,7,9,11H2,2-6H3,(H,15,16). The molecular weight excluding hydrogens is 226 g/mol. The Labute approximate surface area is 107 Å². The summed E-state index contributed by atoms with van der Waals surface area (Å²) in [5, 5.41) is 2.91. The maximum atomic E-state index is 11.6. The van der Waals surface area contributed by atoms with E-state index < -0.39 is 8.07 Å². The molecule has 0 heterocycles. The molecule has 0 saturated heterocycles. The highest BCUT2D eigenvalue weighted by molar-refractivity contribution is 6.83. The molecule has 0 aliphatic heterocycles. The van der Waals surface area contributed by atoms with E-state index in [4.69, 9.17) is 0 Å². The minimum atomic E-state index is -1.26. The zero-order chi connectivity index (χ0) is 13.5. The molecule has 0 aliphatic carbocycles. The van der Waals surface area contributed by atoms with E-state index in [0.717, 1.165) is 18.4 Å². The van der Waals surface area contributed by atoms with Gasteiger partial charge in [0.15, 0.2) is 0 Å². The van der Waals surface area contributed by atoms with Crippen molar-refractivity contribution in [3.05, 3.63) is 12.2 Å². The topological polar surface area (TPSA) is 29.1 Å². The second-order valence-electron chi connectivity index (χ2n) is 5.66. The van der Waals surface area contributed by atoms with Crippen molar-refractivity contribution in [1.82, 2.24) is 5.32 Å². The van der Waals surface area contributed by atoms with Gasteiger partial charge in [0, 0.05) is 18.9 Å². The van der Waals surface area contributed by atoms with Gasteiger partial charge in [-0.25, -0.2) is 0 Å². The predicted molar refractivity (Wildman–Crippen MR) is 77.3 cm³/mol. The monoisotopic (exact) mass is 251 g/mol. The molecule has 0 saturated carbocycles. The third kappa shape index (κ3) is 9.89. The lowest BCUT2D eigenvalue weighted by Crippen LogP contribution is -2.30. The van der Waals surface area contributed by atoms with Gasteiger partial charge >= 0.3 is 0 Å². The van der Waals surface area contributed by atoms with Crippen molar-refractivity contribution in [3.63, 3.8) is 0 Å². The molecule has 96 valence electrons. The lowest BCUT2D eigenvalue weighted by Gasteiger charge is -2.11. The van der Waals surface area contributed by atoms with Crippen LogP contribution in [0.2, 0.25) is 19.6 Å². The third-order valence-corrected chi connectivity index (χ3v) is 3.04. The first-order valence-corrected chi connectivity index (χ1v) is 9.64. The molecule has 1 N–H and O–H groups in total. The van der Waals surface area contributed by atoms with Crippen LogP contribution in [-0.4, -0.2) is 20.5 Å². The summed E-state index contributed by atoms with van der Waals surface area (Å²) in [6.45, 7) is 15.0. The molecule has 3 heteroatoms. The van der Waals surface area contributed by atoms with Crippen LogP contribution < -0.4 is 5.32 Å². The summed E-state index contributed by atoms with van der Waals surface area (Å²) in [6, 6.07) is 0. The maximum Gasteiger partial charge on any atom is 0.223 e. The van der Waals surface area contributed by atoms with E-state index in [1.54, 1.807) is 0 Å². The Balaban J connectivity index is 3.85. The number of nitrogens with one attached hydrogen (secondary N) is 1. The second-order valence-corrected chi connectivity index (χ2v) is 10.4. The Bertz CT molecular complexity index is 330. The average molecular weight is 251 g/mol. The van der Waals surface area contributed by atoms with Gasteiger partial charge in [0.05, 0.1) is 0 Å². The minimum Gasteiger partial charge on any atom is -0.355 e. The Kier molecular flexibility index (Phi) is 6.90. The Morgan fingerprint density at radius 3 is 2.47 bits per heavy atom. The van der Waals surface area contributed by atoms with E-state index in [1.165, 1.54) is 0 Å². The van der Waals surface area contributed by atoms with Gasteiger partial charge in [-0.15, -0.1) is 18.0 Å². The molecule has 0 bridgehead atoms. The van der Waals surface area contributed by atoms with Crippen molar-refractivity contribution in [2.24, 2.45) is 5.92 Å². The van der Waals surface area contributed by atoms with Crippen LogP contribution in [0.1, 0.15) is 26.7 Å². The van der Waals surface area contributed by atoms with Crippen molar-refractivity contribution in [2.45, 2.75) is 46.3 Å². The zero-order valence-electron chi connectivity index (χ0n) is 11.8. The minimum absolute atomic E-state index is 0.0115. The Morgan fingerprint density at radius 1 is 1.41 bits per heavy atom. The van der Waals surface area contributed by atoms with E-state index in [0.29, 0.717) is 6.54 Å². The molecule has 0 radical (unpaired) electrons. The first-order chi connectivity index (χ1) is 7.72. The number of amides is 1. The van der Waals surface area contributed by atoms with Gasteiger partial charge in [0.2, 0.25) is 5.91 Å². The second kappa shape index (κ2) is 7.34. The first-order valence-electron chi connectivity index (χ1n) is 6.14. The third-order valence-electron chi connectivity index (χ3n) is 2.11. The van der Waals surface area contributed by atoms with Gasteiger partial charge in [0.1, 0.15) is 8.07 Å². The van der Waals surface area contributed by atoms with E-state index >= 15 is 0 Å². The van der Waals surface area contributed by atoms with Crippen LogP contribution in [0.5, 0.6) is 0 Å². The van der Waals surface area contributed by atoms with Crippen molar-refractivity contribution in [1.29, 1.82) is 0 Å². The molecular formula is C14H25NOSi. The fraction of sp³-hybridized carbons (Fsp3) is 0.643. The van der Waals surface area contributed by atoms with Crippen LogP contribution in [0.25, 0.3) is 0 Å². The van der Waals surface area contributed by atoms with Gasteiger partial charge in [0.25, 0.3) is 0 Å². The molecule has 1 amide bonds.